The predicted molar refractivity (Wildman–Crippen MR) is 95.0 cm³/mol. The molecule has 1 N–H and O–H groups in total. The van der Waals surface area contributed by atoms with E-state index in [-0.39, 0.29) is 5.91 Å². The Hall–Kier alpha value is -2.29. The zero-order chi connectivity index (χ0) is 16.2. The minimum Gasteiger partial charge on any atom is -0.371 e. The van der Waals surface area contributed by atoms with Gasteiger partial charge in [-0.25, -0.2) is 0 Å². The minimum absolute atomic E-state index is 0.0457. The Morgan fingerprint density at radius 1 is 1.13 bits per heavy atom. The molecule has 2 aromatic rings. The summed E-state index contributed by atoms with van der Waals surface area (Å²) in [5.74, 6) is 0.564. The summed E-state index contributed by atoms with van der Waals surface area (Å²) in [7, 11) is 0. The maximum atomic E-state index is 12.4. The van der Waals surface area contributed by atoms with Gasteiger partial charge in [0.05, 0.1) is 0 Å². The lowest BCUT2D eigenvalue weighted by Gasteiger charge is -2.19. The van der Waals surface area contributed by atoms with Gasteiger partial charge in [-0.15, -0.1) is 0 Å². The van der Waals surface area contributed by atoms with Crippen LogP contribution < -0.4 is 10.2 Å². The third kappa shape index (κ3) is 3.55. The standard InChI is InChI=1S/C20H24N2O/c1-15-7-6-10-19(16(15)2)20(23)21-13-17-11-12-22(14-17)18-8-4-3-5-9-18/h3-10,17H,11-14H2,1-2H3,(H,21,23). The Morgan fingerprint density at radius 3 is 2.70 bits per heavy atom. The first-order chi connectivity index (χ1) is 11.1. The van der Waals surface area contributed by atoms with Crippen molar-refractivity contribution in [2.24, 2.45) is 5.92 Å². The third-order valence-corrected chi connectivity index (χ3v) is 4.81. The molecular formula is C20H24N2O. The van der Waals surface area contributed by atoms with E-state index in [0.29, 0.717) is 5.92 Å². The molecule has 3 nitrogen and oxygen atoms in total. The number of amides is 1. The number of carbonyl (C=O) groups excluding carboxylic acids is 1. The van der Waals surface area contributed by atoms with Gasteiger partial charge in [0.25, 0.3) is 5.91 Å². The van der Waals surface area contributed by atoms with Gasteiger partial charge in [-0.2, -0.15) is 0 Å². The van der Waals surface area contributed by atoms with Crippen molar-refractivity contribution in [3.05, 3.63) is 65.2 Å². The molecule has 1 saturated heterocycles. The van der Waals surface area contributed by atoms with Crippen molar-refractivity contribution in [3.63, 3.8) is 0 Å². The third-order valence-electron chi connectivity index (χ3n) is 4.81. The molecule has 2 aromatic carbocycles. The smallest absolute Gasteiger partial charge is 0.251 e. The topological polar surface area (TPSA) is 32.3 Å². The van der Waals surface area contributed by atoms with Crippen LogP contribution in [0.25, 0.3) is 0 Å². The predicted octanol–water partition coefficient (Wildman–Crippen LogP) is 3.56. The molecule has 1 aliphatic heterocycles. The molecule has 0 radical (unpaired) electrons. The number of rotatable bonds is 4. The highest BCUT2D eigenvalue weighted by Gasteiger charge is 2.23. The fourth-order valence-electron chi connectivity index (χ4n) is 3.20. The van der Waals surface area contributed by atoms with Crippen molar-refractivity contribution in [1.29, 1.82) is 0 Å². The molecule has 1 fully saturated rings. The molecule has 1 amide bonds. The quantitative estimate of drug-likeness (QED) is 0.936. The first-order valence-corrected chi connectivity index (χ1v) is 8.29. The lowest BCUT2D eigenvalue weighted by Crippen LogP contribution is -2.31. The number of carbonyl (C=O) groups is 1. The summed E-state index contributed by atoms with van der Waals surface area (Å²) in [4.78, 5) is 14.8. The van der Waals surface area contributed by atoms with Crippen LogP contribution in [0.1, 0.15) is 27.9 Å². The number of hydrogen-bond acceptors (Lipinski definition) is 2. The number of benzene rings is 2. The zero-order valence-corrected chi connectivity index (χ0v) is 13.9. The van der Waals surface area contributed by atoms with E-state index < -0.39 is 0 Å². The highest BCUT2D eigenvalue weighted by atomic mass is 16.1. The van der Waals surface area contributed by atoms with Gasteiger partial charge >= 0.3 is 0 Å². The Bertz CT molecular complexity index is 681. The fraction of sp³-hybridized carbons (Fsp3) is 0.350. The first kappa shape index (κ1) is 15.6. The number of anilines is 1. The van der Waals surface area contributed by atoms with Gasteiger partial charge in [0.2, 0.25) is 0 Å². The van der Waals surface area contributed by atoms with E-state index in [0.717, 1.165) is 42.7 Å². The van der Waals surface area contributed by atoms with Crippen molar-refractivity contribution in [1.82, 2.24) is 5.32 Å². The molecule has 1 unspecified atom stereocenters. The van der Waals surface area contributed by atoms with E-state index in [9.17, 15) is 4.79 Å². The monoisotopic (exact) mass is 308 g/mol. The van der Waals surface area contributed by atoms with Crippen LogP contribution in [-0.2, 0) is 0 Å². The average molecular weight is 308 g/mol. The van der Waals surface area contributed by atoms with Crippen LogP contribution in [0.5, 0.6) is 0 Å². The minimum atomic E-state index is 0.0457. The lowest BCUT2D eigenvalue weighted by atomic mass is 10.0. The normalized spacial score (nSPS) is 17.3. The Morgan fingerprint density at radius 2 is 1.91 bits per heavy atom. The van der Waals surface area contributed by atoms with Crippen molar-refractivity contribution < 1.29 is 4.79 Å². The van der Waals surface area contributed by atoms with Gasteiger partial charge in [-0.05, 0) is 55.5 Å². The van der Waals surface area contributed by atoms with Crippen molar-refractivity contribution in [2.75, 3.05) is 24.5 Å². The maximum Gasteiger partial charge on any atom is 0.251 e. The largest absolute Gasteiger partial charge is 0.371 e. The summed E-state index contributed by atoms with van der Waals surface area (Å²) in [6, 6.07) is 16.4. The second-order valence-electron chi connectivity index (χ2n) is 6.39. The maximum absolute atomic E-state index is 12.4. The molecule has 23 heavy (non-hydrogen) atoms. The molecule has 0 saturated carbocycles. The molecule has 120 valence electrons. The highest BCUT2D eigenvalue weighted by Crippen LogP contribution is 2.23. The molecule has 3 rings (SSSR count). The fourth-order valence-corrected chi connectivity index (χ4v) is 3.20. The molecule has 0 aromatic heterocycles. The van der Waals surface area contributed by atoms with Gasteiger partial charge < -0.3 is 10.2 Å². The molecule has 0 spiro atoms. The number of aryl methyl sites for hydroxylation is 1. The summed E-state index contributed by atoms with van der Waals surface area (Å²) in [5, 5.41) is 3.12. The summed E-state index contributed by atoms with van der Waals surface area (Å²) < 4.78 is 0. The van der Waals surface area contributed by atoms with Gasteiger partial charge in [0.15, 0.2) is 0 Å². The second-order valence-corrected chi connectivity index (χ2v) is 6.39. The molecule has 1 aliphatic rings. The summed E-state index contributed by atoms with van der Waals surface area (Å²) in [5.41, 5.74) is 4.30. The highest BCUT2D eigenvalue weighted by molar-refractivity contribution is 5.95. The molecule has 0 bridgehead atoms. The van der Waals surface area contributed by atoms with Crippen LogP contribution in [-0.4, -0.2) is 25.5 Å². The van der Waals surface area contributed by atoms with Crippen molar-refractivity contribution in [2.45, 2.75) is 20.3 Å². The first-order valence-electron chi connectivity index (χ1n) is 8.29. The number of hydrogen-bond donors (Lipinski definition) is 1. The van der Waals surface area contributed by atoms with E-state index in [4.69, 9.17) is 0 Å². The van der Waals surface area contributed by atoms with Crippen LogP contribution >= 0.6 is 0 Å². The summed E-state index contributed by atoms with van der Waals surface area (Å²) in [6.45, 7) is 6.87. The van der Waals surface area contributed by atoms with Crippen LogP contribution in [0.3, 0.4) is 0 Å². The summed E-state index contributed by atoms with van der Waals surface area (Å²) in [6.07, 6.45) is 1.13. The molecular weight excluding hydrogens is 284 g/mol. The van der Waals surface area contributed by atoms with Gasteiger partial charge in [0.1, 0.15) is 0 Å². The van der Waals surface area contributed by atoms with Crippen molar-refractivity contribution in [3.8, 4) is 0 Å². The van der Waals surface area contributed by atoms with E-state index in [1.807, 2.05) is 38.1 Å². The summed E-state index contributed by atoms with van der Waals surface area (Å²) >= 11 is 0. The second kappa shape index (κ2) is 6.86. The average Bonchev–Trinajstić information content (AvgIpc) is 3.05. The zero-order valence-electron chi connectivity index (χ0n) is 13.9. The van der Waals surface area contributed by atoms with Crippen LogP contribution in [0.15, 0.2) is 48.5 Å². The molecule has 1 heterocycles. The van der Waals surface area contributed by atoms with Gasteiger partial charge in [0, 0.05) is 30.9 Å². The van der Waals surface area contributed by atoms with Crippen LogP contribution in [0, 0.1) is 19.8 Å². The Labute approximate surface area is 138 Å². The van der Waals surface area contributed by atoms with E-state index in [1.54, 1.807) is 0 Å². The van der Waals surface area contributed by atoms with Gasteiger partial charge in [-0.1, -0.05) is 30.3 Å². The number of nitrogens with one attached hydrogen (secondary N) is 1. The Kier molecular flexibility index (Phi) is 4.65. The van der Waals surface area contributed by atoms with E-state index in [1.165, 1.54) is 5.69 Å². The van der Waals surface area contributed by atoms with Crippen molar-refractivity contribution >= 4 is 11.6 Å². The number of para-hydroxylation sites is 1. The van der Waals surface area contributed by atoms with Gasteiger partial charge in [-0.3, -0.25) is 4.79 Å². The number of nitrogens with zero attached hydrogens (tertiary/aromatic N) is 1. The lowest BCUT2D eigenvalue weighted by molar-refractivity contribution is 0.0947. The van der Waals surface area contributed by atoms with E-state index in [2.05, 4.69) is 34.5 Å². The molecule has 0 aliphatic carbocycles. The van der Waals surface area contributed by atoms with E-state index >= 15 is 0 Å². The molecule has 1 atom stereocenters. The Balaban J connectivity index is 1.55. The van der Waals surface area contributed by atoms with Crippen LogP contribution in [0.2, 0.25) is 0 Å². The SMILES string of the molecule is Cc1cccc(C(=O)NCC2CCN(c3ccccc3)C2)c1C. The molecule has 3 heteroatoms. The van der Waals surface area contributed by atoms with Crippen LogP contribution in [0.4, 0.5) is 5.69 Å².